The molecule has 0 fully saturated rings. The van der Waals surface area contributed by atoms with Crippen molar-refractivity contribution in [2.75, 3.05) is 32.2 Å². The molecule has 0 atom stereocenters. The lowest BCUT2D eigenvalue weighted by Gasteiger charge is -2.13. The Bertz CT molecular complexity index is 274. The highest BCUT2D eigenvalue weighted by atomic mass is 16.5. The maximum atomic E-state index is 8.60. The van der Waals surface area contributed by atoms with Crippen LogP contribution in [0.2, 0.25) is 0 Å². The lowest BCUT2D eigenvalue weighted by molar-refractivity contribution is 0.233. The third-order valence-corrected chi connectivity index (χ3v) is 1.91. The Hall–Kier alpha value is -1.22. The van der Waals surface area contributed by atoms with Crippen LogP contribution >= 0.6 is 0 Å². The smallest absolute Gasteiger partial charge is 0.121 e. The summed E-state index contributed by atoms with van der Waals surface area (Å²) in [5.41, 5.74) is 1.12. The minimum Gasteiger partial charge on any atom is -0.493 e. The number of ether oxygens (including phenoxy) is 1. The van der Waals surface area contributed by atoms with Crippen LogP contribution in [0.15, 0.2) is 24.3 Å². The van der Waals surface area contributed by atoms with Gasteiger partial charge in [-0.3, -0.25) is 0 Å². The first-order valence-electron chi connectivity index (χ1n) is 4.75. The van der Waals surface area contributed by atoms with E-state index in [2.05, 4.69) is 0 Å². The fourth-order valence-electron chi connectivity index (χ4n) is 1.11. The monoisotopic (exact) mass is 195 g/mol. The van der Waals surface area contributed by atoms with Crippen molar-refractivity contribution < 1.29 is 9.84 Å². The summed E-state index contributed by atoms with van der Waals surface area (Å²) >= 11 is 0. The summed E-state index contributed by atoms with van der Waals surface area (Å²) in [5, 5.41) is 8.60. The van der Waals surface area contributed by atoms with Gasteiger partial charge in [0.2, 0.25) is 0 Å². The average molecular weight is 195 g/mol. The van der Waals surface area contributed by atoms with Crippen molar-refractivity contribution in [3.05, 3.63) is 24.3 Å². The van der Waals surface area contributed by atoms with Gasteiger partial charge < -0.3 is 14.7 Å². The van der Waals surface area contributed by atoms with E-state index in [1.807, 2.05) is 43.3 Å². The predicted molar refractivity (Wildman–Crippen MR) is 58.0 cm³/mol. The van der Waals surface area contributed by atoms with Crippen LogP contribution in [0.4, 0.5) is 5.69 Å². The predicted octanol–water partition coefficient (Wildman–Crippen LogP) is 1.51. The largest absolute Gasteiger partial charge is 0.493 e. The van der Waals surface area contributed by atoms with Gasteiger partial charge in [0.1, 0.15) is 5.75 Å². The molecule has 1 aromatic rings. The zero-order chi connectivity index (χ0) is 10.4. The molecule has 78 valence electrons. The van der Waals surface area contributed by atoms with Crippen LogP contribution in [0, 0.1) is 0 Å². The lowest BCUT2D eigenvalue weighted by Crippen LogP contribution is -2.08. The van der Waals surface area contributed by atoms with Crippen molar-refractivity contribution in [2.45, 2.75) is 6.42 Å². The molecule has 0 spiro atoms. The van der Waals surface area contributed by atoms with Gasteiger partial charge in [-0.2, -0.15) is 0 Å². The van der Waals surface area contributed by atoms with E-state index in [1.165, 1.54) is 0 Å². The van der Waals surface area contributed by atoms with Crippen LogP contribution < -0.4 is 9.64 Å². The number of benzene rings is 1. The van der Waals surface area contributed by atoms with Gasteiger partial charge in [-0.05, 0) is 12.1 Å². The first kappa shape index (κ1) is 10.9. The third-order valence-electron chi connectivity index (χ3n) is 1.91. The zero-order valence-corrected chi connectivity index (χ0v) is 8.73. The third kappa shape index (κ3) is 3.26. The van der Waals surface area contributed by atoms with E-state index in [1.54, 1.807) is 0 Å². The molecule has 0 bridgehead atoms. The highest BCUT2D eigenvalue weighted by Crippen LogP contribution is 2.19. The number of aliphatic hydroxyl groups is 1. The van der Waals surface area contributed by atoms with Gasteiger partial charge in [0, 0.05) is 38.9 Å². The molecule has 0 heterocycles. The van der Waals surface area contributed by atoms with Crippen LogP contribution in [-0.4, -0.2) is 32.4 Å². The quantitative estimate of drug-likeness (QED) is 0.723. The Morgan fingerprint density at radius 3 is 2.79 bits per heavy atom. The SMILES string of the molecule is CN(C)c1cccc(OCCCO)c1. The first-order valence-corrected chi connectivity index (χ1v) is 4.75. The summed E-state index contributed by atoms with van der Waals surface area (Å²) in [4.78, 5) is 2.03. The fraction of sp³-hybridized carbons (Fsp3) is 0.455. The summed E-state index contributed by atoms with van der Waals surface area (Å²) in [7, 11) is 3.99. The maximum absolute atomic E-state index is 8.60. The molecule has 3 nitrogen and oxygen atoms in total. The van der Waals surface area contributed by atoms with E-state index in [0.717, 1.165) is 11.4 Å². The standard InChI is InChI=1S/C11H17NO2/c1-12(2)10-5-3-6-11(9-10)14-8-4-7-13/h3,5-6,9,13H,4,7-8H2,1-2H3. The molecule has 14 heavy (non-hydrogen) atoms. The van der Waals surface area contributed by atoms with E-state index < -0.39 is 0 Å². The van der Waals surface area contributed by atoms with Gasteiger partial charge in [-0.1, -0.05) is 6.07 Å². The Morgan fingerprint density at radius 2 is 2.14 bits per heavy atom. The van der Waals surface area contributed by atoms with E-state index in [9.17, 15) is 0 Å². The summed E-state index contributed by atoms with van der Waals surface area (Å²) < 4.78 is 5.45. The van der Waals surface area contributed by atoms with Crippen molar-refractivity contribution in [1.29, 1.82) is 0 Å². The first-order chi connectivity index (χ1) is 6.74. The molecule has 0 aliphatic heterocycles. The van der Waals surface area contributed by atoms with Gasteiger partial charge in [0.05, 0.1) is 6.61 Å². The van der Waals surface area contributed by atoms with Crippen molar-refractivity contribution in [1.82, 2.24) is 0 Å². The van der Waals surface area contributed by atoms with Crippen molar-refractivity contribution in [2.24, 2.45) is 0 Å². The van der Waals surface area contributed by atoms with Gasteiger partial charge in [-0.25, -0.2) is 0 Å². The van der Waals surface area contributed by atoms with Crippen molar-refractivity contribution >= 4 is 5.69 Å². The number of rotatable bonds is 5. The topological polar surface area (TPSA) is 32.7 Å². The minimum absolute atomic E-state index is 0.174. The van der Waals surface area contributed by atoms with Crippen LogP contribution in [0.1, 0.15) is 6.42 Å². The van der Waals surface area contributed by atoms with Gasteiger partial charge >= 0.3 is 0 Å². The molecule has 0 aliphatic rings. The molecule has 0 unspecified atom stereocenters. The van der Waals surface area contributed by atoms with Gasteiger partial charge in [0.25, 0.3) is 0 Å². The van der Waals surface area contributed by atoms with E-state index in [4.69, 9.17) is 9.84 Å². The van der Waals surface area contributed by atoms with E-state index >= 15 is 0 Å². The van der Waals surface area contributed by atoms with Gasteiger partial charge in [0.15, 0.2) is 0 Å². The number of hydrogen-bond donors (Lipinski definition) is 1. The normalized spacial score (nSPS) is 9.93. The number of hydrogen-bond acceptors (Lipinski definition) is 3. The van der Waals surface area contributed by atoms with Crippen LogP contribution in [0.5, 0.6) is 5.75 Å². The molecular formula is C11H17NO2. The molecule has 0 aliphatic carbocycles. The molecule has 1 rings (SSSR count). The Kier molecular flexibility index (Phi) is 4.26. The molecule has 0 amide bonds. The van der Waals surface area contributed by atoms with Crippen LogP contribution in [0.3, 0.4) is 0 Å². The fourth-order valence-corrected chi connectivity index (χ4v) is 1.11. The second-order valence-corrected chi connectivity index (χ2v) is 3.32. The summed E-state index contributed by atoms with van der Waals surface area (Å²) in [6.07, 6.45) is 0.673. The molecule has 0 saturated carbocycles. The second kappa shape index (κ2) is 5.50. The highest BCUT2D eigenvalue weighted by Gasteiger charge is 1.97. The Morgan fingerprint density at radius 1 is 1.36 bits per heavy atom. The summed E-state index contributed by atoms with van der Waals surface area (Å²) in [6.45, 7) is 0.737. The van der Waals surface area contributed by atoms with Gasteiger partial charge in [-0.15, -0.1) is 0 Å². The summed E-state index contributed by atoms with van der Waals surface area (Å²) in [5.74, 6) is 0.852. The van der Waals surface area contributed by atoms with E-state index in [-0.39, 0.29) is 6.61 Å². The second-order valence-electron chi connectivity index (χ2n) is 3.32. The molecule has 0 radical (unpaired) electrons. The molecule has 1 aromatic carbocycles. The average Bonchev–Trinajstić information content (AvgIpc) is 2.19. The number of aliphatic hydroxyl groups excluding tert-OH is 1. The van der Waals surface area contributed by atoms with E-state index in [0.29, 0.717) is 13.0 Å². The van der Waals surface area contributed by atoms with Crippen molar-refractivity contribution in [3.63, 3.8) is 0 Å². The van der Waals surface area contributed by atoms with Crippen LogP contribution in [-0.2, 0) is 0 Å². The number of anilines is 1. The minimum atomic E-state index is 0.174. The lowest BCUT2D eigenvalue weighted by atomic mass is 10.3. The van der Waals surface area contributed by atoms with Crippen LogP contribution in [0.25, 0.3) is 0 Å². The Labute approximate surface area is 84.9 Å². The summed E-state index contributed by atoms with van der Waals surface area (Å²) in [6, 6.07) is 7.89. The zero-order valence-electron chi connectivity index (χ0n) is 8.73. The highest BCUT2D eigenvalue weighted by molar-refractivity contribution is 5.49. The maximum Gasteiger partial charge on any atom is 0.121 e. The number of nitrogens with zero attached hydrogens (tertiary/aromatic N) is 1. The molecule has 3 heteroatoms. The molecule has 0 saturated heterocycles. The van der Waals surface area contributed by atoms with Crippen molar-refractivity contribution in [3.8, 4) is 5.75 Å². The molecule has 1 N–H and O–H groups in total. The Balaban J connectivity index is 2.55. The molecular weight excluding hydrogens is 178 g/mol. The molecule has 0 aromatic heterocycles.